The number of fused-ring (bicyclic) bond motifs is 1. The van der Waals surface area contributed by atoms with Crippen molar-refractivity contribution < 1.29 is 19.1 Å². The minimum Gasteiger partial charge on any atom is -0.394 e. The summed E-state index contributed by atoms with van der Waals surface area (Å²) in [5.74, 6) is -0.875. The van der Waals surface area contributed by atoms with Gasteiger partial charge < -0.3 is 15.4 Å². The van der Waals surface area contributed by atoms with E-state index in [1.54, 1.807) is 6.07 Å². The van der Waals surface area contributed by atoms with Crippen molar-refractivity contribution in [1.29, 1.82) is 5.26 Å². The molecule has 4 heterocycles. The number of aromatic nitrogens is 4. The van der Waals surface area contributed by atoms with Crippen molar-refractivity contribution in [1.82, 2.24) is 24.9 Å². The van der Waals surface area contributed by atoms with Crippen LogP contribution in [0.1, 0.15) is 46.9 Å². The van der Waals surface area contributed by atoms with Crippen molar-refractivity contribution >= 4 is 17.4 Å². The Kier molecular flexibility index (Phi) is 4.65. The number of rotatable bonds is 5. The maximum Gasteiger partial charge on any atom is 0.258 e. The lowest BCUT2D eigenvalue weighted by molar-refractivity contribution is 0.0908. The Hall–Kier alpha value is -3.82. The highest BCUT2D eigenvalue weighted by Gasteiger charge is 2.44. The van der Waals surface area contributed by atoms with Gasteiger partial charge in [-0.15, -0.1) is 0 Å². The molecule has 164 valence electrons. The Balaban J connectivity index is 1.55. The standard InChI is InChI=1S/C20H18FN7O4/c21-11-7-12(18(30)23-9-11)14-2-6-32-28(14)15-1-5-27-17(24-15)16(13(8-22)26-27)19(31)25-20(10-29)3-4-20/h1,5,7,9,14,29H,2-4,6,10H2,(H,23,30)(H,25,31)/t14-/m1/s1. The van der Waals surface area contributed by atoms with Crippen molar-refractivity contribution in [2.75, 3.05) is 18.3 Å². The number of aromatic amines is 1. The summed E-state index contributed by atoms with van der Waals surface area (Å²) in [5, 5.41) is 27.2. The third-order valence-corrected chi connectivity index (χ3v) is 5.72. The van der Waals surface area contributed by atoms with Crippen molar-refractivity contribution in [2.45, 2.75) is 30.8 Å². The van der Waals surface area contributed by atoms with Crippen molar-refractivity contribution in [3.05, 3.63) is 57.5 Å². The molecule has 3 N–H and O–H groups in total. The number of hydrogen-bond acceptors (Lipinski definition) is 8. The number of aliphatic hydroxyl groups excluding tert-OH is 1. The van der Waals surface area contributed by atoms with E-state index >= 15 is 0 Å². The Morgan fingerprint density at radius 2 is 2.31 bits per heavy atom. The van der Waals surface area contributed by atoms with Crippen LogP contribution in [-0.4, -0.2) is 49.3 Å². The molecule has 0 aromatic carbocycles. The van der Waals surface area contributed by atoms with Crippen LogP contribution >= 0.6 is 0 Å². The number of amides is 1. The topological polar surface area (TPSA) is 149 Å². The molecule has 0 unspecified atom stereocenters. The van der Waals surface area contributed by atoms with Gasteiger partial charge in [0.2, 0.25) is 0 Å². The van der Waals surface area contributed by atoms with Crippen LogP contribution in [-0.2, 0) is 4.84 Å². The van der Waals surface area contributed by atoms with E-state index in [-0.39, 0.29) is 41.5 Å². The van der Waals surface area contributed by atoms with Gasteiger partial charge in [-0.05, 0) is 18.9 Å². The smallest absolute Gasteiger partial charge is 0.258 e. The molecule has 0 bridgehead atoms. The molecule has 3 aromatic heterocycles. The van der Waals surface area contributed by atoms with Crippen LogP contribution in [0.3, 0.4) is 0 Å². The van der Waals surface area contributed by atoms with Gasteiger partial charge in [0.15, 0.2) is 17.2 Å². The molecule has 1 aliphatic carbocycles. The van der Waals surface area contributed by atoms with Crippen LogP contribution < -0.4 is 15.9 Å². The fraction of sp³-hybridized carbons (Fsp3) is 0.350. The molecular formula is C20H18FN7O4. The largest absolute Gasteiger partial charge is 0.394 e. The molecular weight excluding hydrogens is 421 g/mol. The number of H-pyrrole nitrogens is 1. The number of nitriles is 1. The first-order valence-electron chi connectivity index (χ1n) is 9.98. The van der Waals surface area contributed by atoms with Gasteiger partial charge in [0.25, 0.3) is 11.5 Å². The van der Waals surface area contributed by atoms with Crippen LogP contribution in [0.4, 0.5) is 10.2 Å². The highest BCUT2D eigenvalue weighted by molar-refractivity contribution is 6.02. The molecule has 1 saturated carbocycles. The molecule has 1 saturated heterocycles. The molecule has 2 aliphatic rings. The molecule has 11 nitrogen and oxygen atoms in total. The normalized spacial score (nSPS) is 19.2. The summed E-state index contributed by atoms with van der Waals surface area (Å²) < 4.78 is 15.0. The number of nitrogens with zero attached hydrogens (tertiary/aromatic N) is 5. The van der Waals surface area contributed by atoms with E-state index in [1.165, 1.54) is 15.8 Å². The summed E-state index contributed by atoms with van der Waals surface area (Å²) in [6.07, 6.45) is 4.20. The highest BCUT2D eigenvalue weighted by Crippen LogP contribution is 2.36. The van der Waals surface area contributed by atoms with Gasteiger partial charge in [0, 0.05) is 30.4 Å². The number of halogens is 1. The Morgan fingerprint density at radius 3 is 3.03 bits per heavy atom. The van der Waals surface area contributed by atoms with Gasteiger partial charge in [-0.1, -0.05) is 0 Å². The van der Waals surface area contributed by atoms with Crippen LogP contribution in [0, 0.1) is 17.1 Å². The fourth-order valence-corrected chi connectivity index (χ4v) is 3.81. The molecule has 1 atom stereocenters. The second-order valence-corrected chi connectivity index (χ2v) is 7.85. The molecule has 1 amide bonds. The lowest BCUT2D eigenvalue weighted by Crippen LogP contribution is -2.39. The Bertz CT molecular complexity index is 1320. The lowest BCUT2D eigenvalue weighted by atomic mass is 10.1. The summed E-state index contributed by atoms with van der Waals surface area (Å²) in [4.78, 5) is 37.7. The third-order valence-electron chi connectivity index (χ3n) is 5.72. The number of carbonyl (C=O) groups excluding carboxylic acids is 1. The summed E-state index contributed by atoms with van der Waals surface area (Å²) in [6.45, 7) is 0.0759. The SMILES string of the molecule is N#Cc1nn2ccc(N3OCC[C@@H]3c3cc(F)c[nH]c3=O)nc2c1C(=O)NC1(CO)CC1. The van der Waals surface area contributed by atoms with Crippen molar-refractivity contribution in [3.63, 3.8) is 0 Å². The number of aliphatic hydroxyl groups is 1. The minimum absolute atomic E-state index is 0.0200. The van der Waals surface area contributed by atoms with E-state index in [9.17, 15) is 24.3 Å². The average Bonchev–Trinajstić information content (AvgIpc) is 3.22. The highest BCUT2D eigenvalue weighted by atomic mass is 19.1. The lowest BCUT2D eigenvalue weighted by Gasteiger charge is -2.23. The minimum atomic E-state index is -0.683. The van der Waals surface area contributed by atoms with Crippen LogP contribution in [0.2, 0.25) is 0 Å². The van der Waals surface area contributed by atoms with Gasteiger partial charge in [-0.25, -0.2) is 19.0 Å². The van der Waals surface area contributed by atoms with Crippen molar-refractivity contribution in [2.24, 2.45) is 0 Å². The van der Waals surface area contributed by atoms with Crippen LogP contribution in [0.15, 0.2) is 29.3 Å². The average molecular weight is 439 g/mol. The second-order valence-electron chi connectivity index (χ2n) is 7.85. The van der Waals surface area contributed by atoms with Gasteiger partial charge in [0.1, 0.15) is 17.4 Å². The van der Waals surface area contributed by atoms with E-state index in [1.807, 2.05) is 6.07 Å². The predicted molar refractivity (Wildman–Crippen MR) is 107 cm³/mol. The Morgan fingerprint density at radius 1 is 1.50 bits per heavy atom. The maximum absolute atomic E-state index is 13.7. The fourth-order valence-electron chi connectivity index (χ4n) is 3.81. The summed E-state index contributed by atoms with van der Waals surface area (Å²) >= 11 is 0. The first-order valence-corrected chi connectivity index (χ1v) is 9.98. The van der Waals surface area contributed by atoms with E-state index in [4.69, 9.17) is 4.84 Å². The van der Waals surface area contributed by atoms with E-state index in [2.05, 4.69) is 20.4 Å². The van der Waals surface area contributed by atoms with E-state index in [0.29, 0.717) is 19.3 Å². The summed E-state index contributed by atoms with van der Waals surface area (Å²) in [5.41, 5.74) is -0.950. The first kappa shape index (κ1) is 20.1. The van der Waals surface area contributed by atoms with Gasteiger partial charge in [-0.3, -0.25) is 14.4 Å². The molecule has 0 radical (unpaired) electrons. The van der Waals surface area contributed by atoms with Crippen LogP contribution in [0.25, 0.3) is 5.65 Å². The monoisotopic (exact) mass is 439 g/mol. The van der Waals surface area contributed by atoms with E-state index < -0.39 is 28.9 Å². The number of pyridine rings is 1. The van der Waals surface area contributed by atoms with E-state index in [0.717, 1.165) is 12.3 Å². The van der Waals surface area contributed by atoms with Gasteiger partial charge in [0.05, 0.1) is 24.8 Å². The zero-order chi connectivity index (χ0) is 22.5. The number of hydrogen-bond donors (Lipinski definition) is 3. The quantitative estimate of drug-likeness (QED) is 0.522. The molecule has 1 aliphatic heterocycles. The molecule has 3 aromatic rings. The van der Waals surface area contributed by atoms with Crippen molar-refractivity contribution in [3.8, 4) is 6.07 Å². The molecule has 32 heavy (non-hydrogen) atoms. The number of nitrogens with one attached hydrogen (secondary N) is 2. The van der Waals surface area contributed by atoms with Gasteiger partial charge in [-0.2, -0.15) is 10.4 Å². The van der Waals surface area contributed by atoms with Crippen LogP contribution in [0.5, 0.6) is 0 Å². The third kappa shape index (κ3) is 3.28. The molecule has 12 heteroatoms. The second kappa shape index (κ2) is 7.40. The zero-order valence-corrected chi connectivity index (χ0v) is 16.7. The summed E-state index contributed by atoms with van der Waals surface area (Å²) in [6, 6.07) is 4.02. The number of hydroxylamine groups is 1. The predicted octanol–water partition coefficient (Wildman–Crippen LogP) is 0.566. The molecule has 5 rings (SSSR count). The number of anilines is 1. The first-order chi connectivity index (χ1) is 15.4. The maximum atomic E-state index is 13.7. The zero-order valence-electron chi connectivity index (χ0n) is 16.7. The van der Waals surface area contributed by atoms with Gasteiger partial charge >= 0.3 is 0 Å². The summed E-state index contributed by atoms with van der Waals surface area (Å²) in [7, 11) is 0. The number of carbonyl (C=O) groups is 1. The molecule has 0 spiro atoms. The molecule has 2 fully saturated rings. The Labute approximate surface area is 180 Å².